The van der Waals surface area contributed by atoms with E-state index in [4.69, 9.17) is 4.74 Å². The van der Waals surface area contributed by atoms with E-state index in [-0.39, 0.29) is 24.5 Å². The number of carbonyl (C=O) groups excluding carboxylic acids is 1. The van der Waals surface area contributed by atoms with Crippen LogP contribution >= 0.6 is 11.8 Å². The monoisotopic (exact) mass is 443 g/mol. The van der Waals surface area contributed by atoms with Crippen molar-refractivity contribution >= 4 is 23.7 Å². The SMILES string of the molecule is CSC1(F)C=CC(NC(=O)N(COc2ccc(C(C)(C)C)cc2)c2ncncn2)=CC1. The summed E-state index contributed by atoms with van der Waals surface area (Å²) in [4.78, 5) is 26.1. The van der Waals surface area contributed by atoms with Crippen molar-refractivity contribution in [2.24, 2.45) is 0 Å². The van der Waals surface area contributed by atoms with Crippen LogP contribution in [0.4, 0.5) is 15.1 Å². The summed E-state index contributed by atoms with van der Waals surface area (Å²) in [5.74, 6) is 0.752. The number of urea groups is 1. The van der Waals surface area contributed by atoms with Crippen molar-refractivity contribution in [2.45, 2.75) is 37.6 Å². The molecule has 0 fully saturated rings. The fourth-order valence-corrected chi connectivity index (χ4v) is 3.26. The number of carbonyl (C=O) groups is 1. The van der Waals surface area contributed by atoms with Crippen molar-refractivity contribution in [3.05, 3.63) is 66.4 Å². The van der Waals surface area contributed by atoms with Crippen LogP contribution in [0.1, 0.15) is 32.8 Å². The van der Waals surface area contributed by atoms with Gasteiger partial charge in [-0.25, -0.2) is 29.0 Å². The fraction of sp³-hybridized carbons (Fsp3) is 0.364. The molecule has 1 unspecified atom stereocenters. The molecule has 2 amide bonds. The Kier molecular flexibility index (Phi) is 6.94. The molecule has 0 aliphatic heterocycles. The number of anilines is 1. The summed E-state index contributed by atoms with van der Waals surface area (Å²) in [6.45, 7) is 6.29. The van der Waals surface area contributed by atoms with E-state index in [2.05, 4.69) is 41.0 Å². The Hall–Kier alpha value is -2.94. The number of ether oxygens (including phenoxy) is 1. The summed E-state index contributed by atoms with van der Waals surface area (Å²) in [5, 5.41) is 1.30. The third kappa shape index (κ3) is 6.04. The van der Waals surface area contributed by atoms with Crippen LogP contribution < -0.4 is 15.0 Å². The number of thioether (sulfide) groups is 1. The Morgan fingerprint density at radius 2 is 1.94 bits per heavy atom. The molecular weight excluding hydrogens is 417 g/mol. The predicted molar refractivity (Wildman–Crippen MR) is 121 cm³/mol. The first-order valence-electron chi connectivity index (χ1n) is 9.77. The third-order valence-electron chi connectivity index (χ3n) is 4.75. The van der Waals surface area contributed by atoms with E-state index in [0.717, 1.165) is 11.8 Å². The van der Waals surface area contributed by atoms with Crippen molar-refractivity contribution in [2.75, 3.05) is 17.9 Å². The van der Waals surface area contributed by atoms with Gasteiger partial charge in [-0.3, -0.25) is 0 Å². The van der Waals surface area contributed by atoms with Gasteiger partial charge in [-0.1, -0.05) is 39.0 Å². The highest BCUT2D eigenvalue weighted by molar-refractivity contribution is 8.00. The molecule has 2 aromatic rings. The Morgan fingerprint density at radius 1 is 1.26 bits per heavy atom. The lowest BCUT2D eigenvalue weighted by molar-refractivity contribution is 0.237. The maximum Gasteiger partial charge on any atom is 0.331 e. The molecule has 164 valence electrons. The minimum absolute atomic E-state index is 0.0318. The Balaban J connectivity index is 1.71. The number of benzene rings is 1. The van der Waals surface area contributed by atoms with Gasteiger partial charge in [0.1, 0.15) is 18.4 Å². The first-order chi connectivity index (χ1) is 14.7. The quantitative estimate of drug-likeness (QED) is 0.658. The highest BCUT2D eigenvalue weighted by Gasteiger charge is 2.27. The smallest absolute Gasteiger partial charge is 0.331 e. The molecule has 1 aliphatic rings. The molecule has 9 heteroatoms. The summed E-state index contributed by atoms with van der Waals surface area (Å²) >= 11 is 1.11. The summed E-state index contributed by atoms with van der Waals surface area (Å²) < 4.78 is 20.1. The molecule has 7 nitrogen and oxygen atoms in total. The van der Waals surface area contributed by atoms with Gasteiger partial charge in [0.15, 0.2) is 11.7 Å². The van der Waals surface area contributed by atoms with E-state index in [1.807, 2.05) is 24.3 Å². The summed E-state index contributed by atoms with van der Waals surface area (Å²) in [5.41, 5.74) is 1.71. The highest BCUT2D eigenvalue weighted by atomic mass is 32.2. The molecule has 31 heavy (non-hydrogen) atoms. The van der Waals surface area contributed by atoms with Crippen LogP contribution in [0.3, 0.4) is 0 Å². The van der Waals surface area contributed by atoms with Crippen molar-refractivity contribution in [3.8, 4) is 5.75 Å². The number of aromatic nitrogens is 3. The first-order valence-corrected chi connectivity index (χ1v) is 11.0. The molecule has 1 heterocycles. The lowest BCUT2D eigenvalue weighted by Crippen LogP contribution is -2.43. The molecule has 3 rings (SSSR count). The molecular formula is C22H26FN5O2S. The van der Waals surface area contributed by atoms with E-state index in [1.54, 1.807) is 18.4 Å². The first kappa shape index (κ1) is 22.7. The molecule has 0 radical (unpaired) electrons. The zero-order chi connectivity index (χ0) is 22.5. The minimum atomic E-state index is -1.45. The van der Waals surface area contributed by atoms with Gasteiger partial charge < -0.3 is 10.1 Å². The number of hydrogen-bond donors (Lipinski definition) is 1. The lowest BCUT2D eigenvalue weighted by atomic mass is 9.87. The van der Waals surface area contributed by atoms with Gasteiger partial charge >= 0.3 is 6.03 Å². The maximum absolute atomic E-state index is 14.3. The molecule has 1 atom stereocenters. The number of halogens is 1. The number of rotatable bonds is 6. The molecule has 0 saturated heterocycles. The van der Waals surface area contributed by atoms with Gasteiger partial charge in [0.25, 0.3) is 0 Å². The topological polar surface area (TPSA) is 80.2 Å². The van der Waals surface area contributed by atoms with Crippen LogP contribution in [0.25, 0.3) is 0 Å². The maximum atomic E-state index is 14.3. The molecule has 1 aliphatic carbocycles. The Labute approximate surface area is 185 Å². The summed E-state index contributed by atoms with van der Waals surface area (Å²) in [6, 6.07) is 7.22. The molecule has 1 aromatic heterocycles. The fourth-order valence-electron chi connectivity index (χ4n) is 2.80. The van der Waals surface area contributed by atoms with Crippen molar-refractivity contribution in [3.63, 3.8) is 0 Å². The number of amides is 2. The van der Waals surface area contributed by atoms with E-state index in [9.17, 15) is 9.18 Å². The second-order valence-electron chi connectivity index (χ2n) is 8.03. The number of allylic oxidation sites excluding steroid dienone is 2. The molecule has 0 bridgehead atoms. The van der Waals surface area contributed by atoms with E-state index < -0.39 is 11.0 Å². The second kappa shape index (κ2) is 9.47. The van der Waals surface area contributed by atoms with Crippen LogP contribution in [0, 0.1) is 0 Å². The van der Waals surface area contributed by atoms with Gasteiger partial charge in [0, 0.05) is 12.1 Å². The average molecular weight is 444 g/mol. The summed E-state index contributed by atoms with van der Waals surface area (Å²) in [6.07, 6.45) is 9.11. The highest BCUT2D eigenvalue weighted by Crippen LogP contribution is 2.34. The van der Waals surface area contributed by atoms with Crippen LogP contribution in [-0.4, -0.2) is 39.0 Å². The van der Waals surface area contributed by atoms with Gasteiger partial charge in [-0.15, -0.1) is 11.8 Å². The third-order valence-corrected chi connectivity index (χ3v) is 5.73. The predicted octanol–water partition coefficient (Wildman–Crippen LogP) is 4.59. The minimum Gasteiger partial charge on any atom is -0.472 e. The Bertz CT molecular complexity index is 960. The van der Waals surface area contributed by atoms with E-state index >= 15 is 0 Å². The molecule has 0 spiro atoms. The van der Waals surface area contributed by atoms with Gasteiger partial charge in [0.2, 0.25) is 5.95 Å². The molecule has 0 saturated carbocycles. The lowest BCUT2D eigenvalue weighted by Gasteiger charge is -2.24. The standard InChI is InChI=1S/C22H26FN5O2S/c1-21(2,3)16-5-7-18(8-6-16)30-15-28(19-25-13-24-14-26-19)20(29)27-17-9-11-22(23,31-4)12-10-17/h5-11,13-14H,12,15H2,1-4H3,(H,27,29). The zero-order valence-corrected chi connectivity index (χ0v) is 18.8. The number of alkyl halides is 1. The van der Waals surface area contributed by atoms with E-state index in [1.165, 1.54) is 29.2 Å². The second-order valence-corrected chi connectivity index (χ2v) is 9.12. The largest absolute Gasteiger partial charge is 0.472 e. The number of hydrogen-bond acceptors (Lipinski definition) is 6. The van der Waals surface area contributed by atoms with E-state index in [0.29, 0.717) is 11.4 Å². The van der Waals surface area contributed by atoms with Crippen LogP contribution in [0.5, 0.6) is 5.75 Å². The molecule has 1 aromatic carbocycles. The number of nitrogens with zero attached hydrogens (tertiary/aromatic N) is 4. The van der Waals surface area contributed by atoms with Crippen LogP contribution in [0.15, 0.2) is 60.8 Å². The number of nitrogens with one attached hydrogen (secondary N) is 1. The van der Waals surface area contributed by atoms with Crippen molar-refractivity contribution in [1.29, 1.82) is 0 Å². The normalized spacial score (nSPS) is 18.3. The average Bonchev–Trinajstić information content (AvgIpc) is 2.76. The summed E-state index contributed by atoms with van der Waals surface area (Å²) in [7, 11) is 0. The molecule has 1 N–H and O–H groups in total. The van der Waals surface area contributed by atoms with Crippen molar-refractivity contribution < 1.29 is 13.9 Å². The van der Waals surface area contributed by atoms with Crippen molar-refractivity contribution in [1.82, 2.24) is 20.3 Å². The Morgan fingerprint density at radius 3 is 2.48 bits per heavy atom. The van der Waals surface area contributed by atoms with Gasteiger partial charge in [-0.05, 0) is 41.5 Å². The van der Waals surface area contributed by atoms with Gasteiger partial charge in [-0.2, -0.15) is 0 Å². The van der Waals surface area contributed by atoms with Gasteiger partial charge in [0.05, 0.1) is 0 Å². The van der Waals surface area contributed by atoms with Crippen LogP contribution in [0.2, 0.25) is 0 Å². The zero-order valence-electron chi connectivity index (χ0n) is 18.0. The van der Waals surface area contributed by atoms with Crippen LogP contribution in [-0.2, 0) is 5.41 Å².